The molecule has 64 heavy (non-hydrogen) atoms. The Morgan fingerprint density at radius 3 is 1.66 bits per heavy atom. The van der Waals surface area contributed by atoms with Crippen molar-refractivity contribution in [1.82, 2.24) is 19.5 Å². The summed E-state index contributed by atoms with van der Waals surface area (Å²) in [6.07, 6.45) is 0. The summed E-state index contributed by atoms with van der Waals surface area (Å²) < 4.78 is 15.5. The van der Waals surface area contributed by atoms with Crippen LogP contribution in [0.25, 0.3) is 83.9 Å². The van der Waals surface area contributed by atoms with Gasteiger partial charge in [0, 0.05) is 27.5 Å². The van der Waals surface area contributed by atoms with Crippen LogP contribution in [0.4, 0.5) is 0 Å². The summed E-state index contributed by atoms with van der Waals surface area (Å²) in [7, 11) is 0. The van der Waals surface area contributed by atoms with Gasteiger partial charge in [0.15, 0.2) is 34.6 Å². The predicted octanol–water partition coefficient (Wildman–Crippen LogP) is 14.2. The summed E-state index contributed by atoms with van der Waals surface area (Å²) in [6.45, 7) is 0. The van der Waals surface area contributed by atoms with Gasteiger partial charge < -0.3 is 9.47 Å². The molecule has 11 aromatic rings. The fraction of sp³-hybridized carbons (Fsp3) is 0.0172. The minimum absolute atomic E-state index is 0.569. The first-order valence-electron chi connectivity index (χ1n) is 21.6. The van der Waals surface area contributed by atoms with Crippen LogP contribution in [-0.2, 0) is 5.41 Å². The number of para-hydroxylation sites is 3. The van der Waals surface area contributed by atoms with Gasteiger partial charge in [-0.2, -0.15) is 9.97 Å². The van der Waals surface area contributed by atoms with E-state index in [1.807, 2.05) is 84.9 Å². The van der Waals surface area contributed by atoms with Crippen molar-refractivity contribution in [2.75, 3.05) is 0 Å². The average Bonchev–Trinajstić information content (AvgIpc) is 3.97. The van der Waals surface area contributed by atoms with Crippen LogP contribution < -0.4 is 9.47 Å². The van der Waals surface area contributed by atoms with Crippen LogP contribution in [0.1, 0.15) is 22.3 Å². The maximum atomic E-state index is 6.82. The SMILES string of the molecule is c1ccc(-c2nc(-c3ccccc3)nc(-n3c4ccccc4c4cc(-c5ccc6c(c5)C5(c7ccccc7-c7ccccc75)c5ccc7c(c5-6)Oc5ccccc5O7)ccc43)n2)cc1. The average molecular weight is 819 g/mol. The van der Waals surface area contributed by atoms with Crippen LogP contribution >= 0.6 is 0 Å². The minimum Gasteiger partial charge on any atom is -0.449 e. The zero-order valence-electron chi connectivity index (χ0n) is 34.2. The second-order valence-corrected chi connectivity index (χ2v) is 16.7. The summed E-state index contributed by atoms with van der Waals surface area (Å²) in [4.78, 5) is 15.3. The van der Waals surface area contributed by atoms with E-state index in [1.165, 1.54) is 33.4 Å². The third kappa shape index (κ3) is 4.82. The standard InChI is InChI=1S/C58H34N4O2/c1-3-15-35(16-4-1)55-59-56(36-17-5-2-6-18-36)61-57(60-55)62-48-24-12-9-21-41(48)43-33-37(28-31-49(43)62)38-27-29-42-47(34-38)58(44-22-10-7-19-39(44)40-20-8-11-23-45(40)58)46-30-32-52-54(53(42)46)64-51-26-14-13-25-50(51)63-52/h1-34H. The third-order valence-corrected chi connectivity index (χ3v) is 13.3. The molecule has 3 heterocycles. The molecule has 0 saturated heterocycles. The maximum Gasteiger partial charge on any atom is 0.238 e. The third-order valence-electron chi connectivity index (χ3n) is 13.3. The van der Waals surface area contributed by atoms with Crippen molar-refractivity contribution in [3.63, 3.8) is 0 Å². The van der Waals surface area contributed by atoms with Crippen molar-refractivity contribution in [2.45, 2.75) is 5.41 Å². The maximum absolute atomic E-state index is 6.82. The zero-order valence-corrected chi connectivity index (χ0v) is 34.2. The topological polar surface area (TPSA) is 62.1 Å². The number of hydrogen-bond donors (Lipinski definition) is 0. The van der Waals surface area contributed by atoms with Crippen LogP contribution in [0, 0.1) is 0 Å². The first-order chi connectivity index (χ1) is 31.7. The molecule has 0 unspecified atom stereocenters. The van der Waals surface area contributed by atoms with Crippen LogP contribution in [-0.4, -0.2) is 19.5 Å². The zero-order chi connectivity index (χ0) is 41.9. The Kier molecular flexibility index (Phi) is 7.22. The predicted molar refractivity (Wildman–Crippen MR) is 253 cm³/mol. The van der Waals surface area contributed by atoms with Crippen molar-refractivity contribution in [3.8, 4) is 85.1 Å². The van der Waals surface area contributed by atoms with E-state index in [2.05, 4.69) is 126 Å². The van der Waals surface area contributed by atoms with Gasteiger partial charge in [0.05, 0.1) is 16.4 Å². The number of ether oxygens (including phenoxy) is 2. The lowest BCUT2D eigenvalue weighted by Crippen LogP contribution is -2.26. The number of rotatable bonds is 4. The molecule has 1 aliphatic heterocycles. The Hall–Kier alpha value is -8.61. The molecule has 0 amide bonds. The highest BCUT2D eigenvalue weighted by molar-refractivity contribution is 6.10. The van der Waals surface area contributed by atoms with Crippen molar-refractivity contribution < 1.29 is 9.47 Å². The molecular formula is C58H34N4O2. The van der Waals surface area contributed by atoms with E-state index < -0.39 is 5.41 Å². The normalized spacial score (nSPS) is 13.4. The van der Waals surface area contributed by atoms with E-state index in [-0.39, 0.29) is 0 Å². The molecule has 0 radical (unpaired) electrons. The lowest BCUT2D eigenvalue weighted by molar-refractivity contribution is 0.360. The summed E-state index contributed by atoms with van der Waals surface area (Å²) >= 11 is 0. The van der Waals surface area contributed by atoms with Crippen LogP contribution in [0.15, 0.2) is 206 Å². The second kappa shape index (κ2) is 13.2. The molecule has 2 aliphatic carbocycles. The highest BCUT2D eigenvalue weighted by atomic mass is 16.6. The fourth-order valence-electron chi connectivity index (χ4n) is 10.7. The van der Waals surface area contributed by atoms with Gasteiger partial charge in [-0.3, -0.25) is 4.57 Å². The Labute approximate surface area is 368 Å². The van der Waals surface area contributed by atoms with Crippen LogP contribution in [0.3, 0.4) is 0 Å². The molecule has 0 atom stereocenters. The first kappa shape index (κ1) is 35.0. The quantitative estimate of drug-likeness (QED) is 0.177. The number of benzene rings is 9. The van der Waals surface area contributed by atoms with E-state index in [1.54, 1.807) is 0 Å². The fourth-order valence-corrected chi connectivity index (χ4v) is 10.7. The summed E-state index contributed by atoms with van der Waals surface area (Å²) in [5.74, 6) is 4.72. The molecule has 14 rings (SSSR count). The second-order valence-electron chi connectivity index (χ2n) is 16.7. The lowest BCUT2D eigenvalue weighted by Gasteiger charge is -2.31. The molecule has 6 nitrogen and oxygen atoms in total. The molecule has 0 fully saturated rings. The Morgan fingerprint density at radius 1 is 0.359 bits per heavy atom. The molecular weight excluding hydrogens is 785 g/mol. The Bertz CT molecular complexity index is 3640. The van der Waals surface area contributed by atoms with E-state index in [4.69, 9.17) is 24.4 Å². The van der Waals surface area contributed by atoms with Crippen LogP contribution in [0.2, 0.25) is 0 Å². The van der Waals surface area contributed by atoms with E-state index in [9.17, 15) is 0 Å². The van der Waals surface area contributed by atoms with Gasteiger partial charge in [0.2, 0.25) is 5.95 Å². The number of nitrogens with zero attached hydrogens (tertiary/aromatic N) is 4. The van der Waals surface area contributed by atoms with Crippen molar-refractivity contribution in [1.29, 1.82) is 0 Å². The highest BCUT2D eigenvalue weighted by Crippen LogP contribution is 2.66. The van der Waals surface area contributed by atoms with Crippen molar-refractivity contribution in [3.05, 3.63) is 229 Å². The Morgan fingerprint density at radius 2 is 0.938 bits per heavy atom. The van der Waals surface area contributed by atoms with Crippen molar-refractivity contribution in [2.24, 2.45) is 0 Å². The van der Waals surface area contributed by atoms with E-state index in [0.717, 1.165) is 72.4 Å². The molecule has 9 aromatic carbocycles. The van der Waals surface area contributed by atoms with E-state index >= 15 is 0 Å². The summed E-state index contributed by atoms with van der Waals surface area (Å²) in [5.41, 5.74) is 15.2. The highest BCUT2D eigenvalue weighted by Gasteiger charge is 2.53. The van der Waals surface area contributed by atoms with E-state index in [0.29, 0.717) is 23.3 Å². The summed E-state index contributed by atoms with van der Waals surface area (Å²) in [5, 5.41) is 2.24. The van der Waals surface area contributed by atoms with Crippen molar-refractivity contribution >= 4 is 21.8 Å². The monoisotopic (exact) mass is 818 g/mol. The lowest BCUT2D eigenvalue weighted by atomic mass is 9.70. The first-order valence-corrected chi connectivity index (χ1v) is 21.6. The van der Waals surface area contributed by atoms with Gasteiger partial charge in [-0.15, -0.1) is 0 Å². The molecule has 3 aliphatic rings. The van der Waals surface area contributed by atoms with Gasteiger partial charge in [-0.1, -0.05) is 164 Å². The molecule has 6 heteroatoms. The van der Waals surface area contributed by atoms with Gasteiger partial charge in [0.25, 0.3) is 0 Å². The summed E-state index contributed by atoms with van der Waals surface area (Å²) in [6, 6.07) is 72.6. The van der Waals surface area contributed by atoms with Crippen LogP contribution in [0.5, 0.6) is 23.0 Å². The van der Waals surface area contributed by atoms with Gasteiger partial charge in [-0.25, -0.2) is 4.98 Å². The number of hydrogen-bond acceptors (Lipinski definition) is 5. The Balaban J connectivity index is 0.984. The molecule has 0 N–H and O–H groups in total. The minimum atomic E-state index is -0.574. The largest absolute Gasteiger partial charge is 0.449 e. The molecule has 0 saturated carbocycles. The van der Waals surface area contributed by atoms with Gasteiger partial charge in [0.1, 0.15) is 0 Å². The molecule has 2 aromatic heterocycles. The molecule has 0 bridgehead atoms. The molecule has 298 valence electrons. The number of aromatic nitrogens is 4. The number of fused-ring (bicyclic) bond motifs is 16. The smallest absolute Gasteiger partial charge is 0.238 e. The van der Waals surface area contributed by atoms with Gasteiger partial charge in [-0.05, 0) is 92.5 Å². The molecule has 1 spiro atoms. The van der Waals surface area contributed by atoms with Gasteiger partial charge >= 0.3 is 0 Å².